The van der Waals surface area contributed by atoms with Gasteiger partial charge in [-0.25, -0.2) is 4.79 Å². The van der Waals surface area contributed by atoms with Crippen LogP contribution in [0.3, 0.4) is 0 Å². The van der Waals surface area contributed by atoms with E-state index in [2.05, 4.69) is 18.8 Å². The average Bonchev–Trinajstić information content (AvgIpc) is 2.54. The summed E-state index contributed by atoms with van der Waals surface area (Å²) < 4.78 is 4.72. The first-order chi connectivity index (χ1) is 10.5. The third kappa shape index (κ3) is 3.04. The second kappa shape index (κ2) is 6.75. The van der Waals surface area contributed by atoms with Gasteiger partial charge in [0.2, 0.25) is 0 Å². The first-order valence-electron chi connectivity index (χ1n) is 7.59. The summed E-state index contributed by atoms with van der Waals surface area (Å²) in [7, 11) is 1.33. The van der Waals surface area contributed by atoms with Crippen molar-refractivity contribution >= 4 is 16.9 Å². The molecule has 1 aromatic heterocycles. The molecule has 2 N–H and O–H groups in total. The van der Waals surface area contributed by atoms with Gasteiger partial charge < -0.3 is 14.6 Å². The molecule has 0 aliphatic heterocycles. The van der Waals surface area contributed by atoms with Crippen LogP contribution >= 0.6 is 0 Å². The van der Waals surface area contributed by atoms with Crippen LogP contribution in [0.4, 0.5) is 0 Å². The fraction of sp³-hybridized carbons (Fsp3) is 0.412. The van der Waals surface area contributed by atoms with E-state index >= 15 is 0 Å². The number of rotatable bonds is 5. The number of quaternary nitrogens is 1. The zero-order chi connectivity index (χ0) is 16.3. The molecule has 5 nitrogen and oxygen atoms in total. The van der Waals surface area contributed by atoms with Crippen molar-refractivity contribution in [2.45, 2.75) is 27.3 Å². The number of esters is 1. The molecular weight excluding hydrogens is 280 g/mol. The summed E-state index contributed by atoms with van der Waals surface area (Å²) in [5, 5.41) is 0.537. The topological polar surface area (TPSA) is 63.6 Å². The predicted octanol–water partition coefficient (Wildman–Crippen LogP) is 1.05. The van der Waals surface area contributed by atoms with Crippen LogP contribution in [-0.2, 0) is 11.3 Å². The van der Waals surface area contributed by atoms with Crippen molar-refractivity contribution in [3.05, 3.63) is 45.2 Å². The van der Waals surface area contributed by atoms with Crippen molar-refractivity contribution in [1.29, 1.82) is 0 Å². The highest BCUT2D eigenvalue weighted by molar-refractivity contribution is 5.94. The Morgan fingerprint density at radius 3 is 2.55 bits per heavy atom. The van der Waals surface area contributed by atoms with Crippen LogP contribution in [0.25, 0.3) is 10.9 Å². The number of aryl methyl sites for hydroxylation is 1. The summed E-state index contributed by atoms with van der Waals surface area (Å²) in [5.74, 6) is -0.433. The Labute approximate surface area is 129 Å². The smallest absolute Gasteiger partial charge is 0.337 e. The maximum atomic E-state index is 12.8. The summed E-state index contributed by atoms with van der Waals surface area (Å²) in [6, 6.07) is 5.03. The molecule has 1 heterocycles. The Morgan fingerprint density at radius 1 is 1.27 bits per heavy atom. The SMILES string of the molecule is CC[NH+](CC)Cc1c(C)[nH]c2ccc(C(=O)OC)cc2c1=O. The number of hydrogen-bond donors (Lipinski definition) is 2. The van der Waals surface area contributed by atoms with Crippen LogP contribution in [0.5, 0.6) is 0 Å². The van der Waals surface area contributed by atoms with E-state index < -0.39 is 5.97 Å². The minimum Gasteiger partial charge on any atom is -0.465 e. The molecule has 0 unspecified atom stereocenters. The van der Waals surface area contributed by atoms with E-state index in [1.807, 2.05) is 6.92 Å². The maximum Gasteiger partial charge on any atom is 0.337 e. The summed E-state index contributed by atoms with van der Waals surface area (Å²) in [4.78, 5) is 29.1. The van der Waals surface area contributed by atoms with Crippen LogP contribution in [0, 0.1) is 6.92 Å². The van der Waals surface area contributed by atoms with Crippen molar-refractivity contribution in [3.63, 3.8) is 0 Å². The van der Waals surface area contributed by atoms with Crippen molar-refractivity contribution in [2.24, 2.45) is 0 Å². The number of aromatic nitrogens is 1. The van der Waals surface area contributed by atoms with Gasteiger partial charge in [0.25, 0.3) is 0 Å². The van der Waals surface area contributed by atoms with Gasteiger partial charge in [-0.05, 0) is 39.0 Å². The number of pyridine rings is 1. The number of hydrogen-bond acceptors (Lipinski definition) is 3. The van der Waals surface area contributed by atoms with E-state index in [9.17, 15) is 9.59 Å². The van der Waals surface area contributed by atoms with E-state index in [0.717, 1.165) is 29.9 Å². The zero-order valence-corrected chi connectivity index (χ0v) is 13.6. The molecule has 1 aromatic carbocycles. The predicted molar refractivity (Wildman–Crippen MR) is 86.4 cm³/mol. The number of benzene rings is 1. The Balaban J connectivity index is 2.58. The first-order valence-corrected chi connectivity index (χ1v) is 7.59. The molecular formula is C17H23N2O3+. The van der Waals surface area contributed by atoms with Crippen LogP contribution in [-0.4, -0.2) is 31.2 Å². The van der Waals surface area contributed by atoms with E-state index in [1.54, 1.807) is 18.2 Å². The van der Waals surface area contributed by atoms with Gasteiger partial charge in [-0.1, -0.05) is 0 Å². The Morgan fingerprint density at radius 2 is 1.95 bits per heavy atom. The van der Waals surface area contributed by atoms with Gasteiger partial charge in [0, 0.05) is 16.6 Å². The number of ether oxygens (including phenoxy) is 1. The summed E-state index contributed by atoms with van der Waals surface area (Å²) in [6.45, 7) is 8.77. The molecule has 118 valence electrons. The molecule has 0 saturated carbocycles. The quantitative estimate of drug-likeness (QED) is 0.812. The number of nitrogens with one attached hydrogen (secondary N) is 2. The molecule has 0 fully saturated rings. The summed E-state index contributed by atoms with van der Waals surface area (Å²) in [6.07, 6.45) is 0. The Kier molecular flexibility index (Phi) is 4.98. The zero-order valence-electron chi connectivity index (χ0n) is 13.6. The highest BCUT2D eigenvalue weighted by Crippen LogP contribution is 2.14. The molecule has 2 aromatic rings. The lowest BCUT2D eigenvalue weighted by molar-refractivity contribution is -0.910. The third-order valence-corrected chi connectivity index (χ3v) is 4.16. The van der Waals surface area contributed by atoms with Crippen molar-refractivity contribution in [1.82, 2.24) is 4.98 Å². The largest absolute Gasteiger partial charge is 0.465 e. The lowest BCUT2D eigenvalue weighted by Gasteiger charge is -2.16. The highest BCUT2D eigenvalue weighted by atomic mass is 16.5. The maximum absolute atomic E-state index is 12.8. The molecule has 0 aliphatic rings. The average molecular weight is 303 g/mol. The van der Waals surface area contributed by atoms with Gasteiger partial charge in [0.05, 0.1) is 31.3 Å². The van der Waals surface area contributed by atoms with E-state index in [-0.39, 0.29) is 5.43 Å². The van der Waals surface area contributed by atoms with Crippen molar-refractivity contribution in [3.8, 4) is 0 Å². The minimum absolute atomic E-state index is 0.00333. The summed E-state index contributed by atoms with van der Waals surface area (Å²) >= 11 is 0. The van der Waals surface area contributed by atoms with Gasteiger partial charge >= 0.3 is 5.97 Å². The molecule has 22 heavy (non-hydrogen) atoms. The fourth-order valence-corrected chi connectivity index (χ4v) is 2.66. The van der Waals surface area contributed by atoms with Crippen LogP contribution in [0.1, 0.15) is 35.5 Å². The number of fused-ring (bicyclic) bond motifs is 1. The molecule has 0 saturated heterocycles. The minimum atomic E-state index is -0.433. The van der Waals surface area contributed by atoms with Gasteiger partial charge in [0.15, 0.2) is 5.43 Å². The molecule has 0 spiro atoms. The standard InChI is InChI=1S/C17H22N2O3/c1-5-19(6-2)10-14-11(3)18-15-8-7-12(17(21)22-4)9-13(15)16(14)20/h7-9H,5-6,10H2,1-4H3,(H,18,20)/p+1. The third-order valence-electron chi connectivity index (χ3n) is 4.16. The molecule has 2 rings (SSSR count). The number of methoxy groups -OCH3 is 1. The fourth-order valence-electron chi connectivity index (χ4n) is 2.66. The Bertz CT molecular complexity index is 745. The number of carbonyl (C=O) groups excluding carboxylic acids is 1. The molecule has 5 heteroatoms. The molecule has 0 amide bonds. The van der Waals surface area contributed by atoms with Gasteiger partial charge in [-0.15, -0.1) is 0 Å². The van der Waals surface area contributed by atoms with Crippen molar-refractivity contribution < 1.29 is 14.4 Å². The number of H-pyrrole nitrogens is 1. The highest BCUT2D eigenvalue weighted by Gasteiger charge is 2.16. The number of carbonyl (C=O) groups is 1. The van der Waals surface area contributed by atoms with E-state index in [0.29, 0.717) is 17.5 Å². The van der Waals surface area contributed by atoms with Crippen LogP contribution in [0.2, 0.25) is 0 Å². The van der Waals surface area contributed by atoms with Gasteiger partial charge in [-0.2, -0.15) is 0 Å². The van der Waals surface area contributed by atoms with Gasteiger partial charge in [-0.3, -0.25) is 4.79 Å². The van der Waals surface area contributed by atoms with Crippen LogP contribution < -0.4 is 10.3 Å². The normalized spacial score (nSPS) is 11.1. The second-order valence-electron chi connectivity index (χ2n) is 5.44. The lowest BCUT2D eigenvalue weighted by Crippen LogP contribution is -3.10. The second-order valence-corrected chi connectivity index (χ2v) is 5.44. The Hall–Kier alpha value is -2.14. The van der Waals surface area contributed by atoms with Crippen molar-refractivity contribution in [2.75, 3.05) is 20.2 Å². The molecule has 0 bridgehead atoms. The molecule has 0 aliphatic carbocycles. The molecule has 0 atom stereocenters. The monoisotopic (exact) mass is 303 g/mol. The first kappa shape index (κ1) is 16.2. The summed E-state index contributed by atoms with van der Waals surface area (Å²) in [5.41, 5.74) is 2.81. The lowest BCUT2D eigenvalue weighted by atomic mass is 10.1. The van der Waals surface area contributed by atoms with E-state index in [1.165, 1.54) is 12.0 Å². The molecule has 0 radical (unpaired) electrons. The number of aromatic amines is 1. The van der Waals surface area contributed by atoms with E-state index in [4.69, 9.17) is 4.74 Å². The van der Waals surface area contributed by atoms with Gasteiger partial charge in [0.1, 0.15) is 6.54 Å². The van der Waals surface area contributed by atoms with Crippen LogP contribution in [0.15, 0.2) is 23.0 Å².